The lowest BCUT2D eigenvalue weighted by Gasteiger charge is -2.12. The number of rotatable bonds is 7. The van der Waals surface area contributed by atoms with E-state index in [-0.39, 0.29) is 0 Å². The Morgan fingerprint density at radius 2 is 1.52 bits per heavy atom. The zero-order valence-electron chi connectivity index (χ0n) is 14.9. The van der Waals surface area contributed by atoms with Gasteiger partial charge in [0.1, 0.15) is 12.4 Å². The first-order valence-electron chi connectivity index (χ1n) is 8.49. The molecule has 0 heterocycles. The van der Waals surface area contributed by atoms with Gasteiger partial charge in [0, 0.05) is 26.2 Å². The Labute approximate surface area is 201 Å². The normalized spacial score (nSPS) is 11.1. The Hall–Kier alpha value is -1.24. The number of ether oxygens (including phenoxy) is 1. The van der Waals surface area contributed by atoms with Crippen LogP contribution in [0.5, 0.6) is 5.75 Å². The van der Waals surface area contributed by atoms with Crippen molar-refractivity contribution < 1.29 is 4.74 Å². The SMILES string of the molecule is Clc1ccccc1COc1c(Br)cc(/C=N\NCc2c(Cl)cccc2Cl)cc1Br. The summed E-state index contributed by atoms with van der Waals surface area (Å²) in [5, 5.41) is 6.12. The zero-order valence-corrected chi connectivity index (χ0v) is 20.4. The van der Waals surface area contributed by atoms with Crippen molar-refractivity contribution in [2.24, 2.45) is 5.10 Å². The summed E-state index contributed by atoms with van der Waals surface area (Å²) < 4.78 is 7.53. The van der Waals surface area contributed by atoms with Crippen LogP contribution in [-0.2, 0) is 13.2 Å². The summed E-state index contributed by atoms with van der Waals surface area (Å²) in [5.74, 6) is 0.692. The molecule has 0 radical (unpaired) electrons. The van der Waals surface area contributed by atoms with Crippen molar-refractivity contribution in [3.05, 3.63) is 95.3 Å². The first-order valence-corrected chi connectivity index (χ1v) is 11.2. The minimum absolute atomic E-state index is 0.366. The summed E-state index contributed by atoms with van der Waals surface area (Å²) in [4.78, 5) is 0. The van der Waals surface area contributed by atoms with E-state index in [9.17, 15) is 0 Å². The zero-order chi connectivity index (χ0) is 20.8. The molecule has 0 fully saturated rings. The lowest BCUT2D eigenvalue weighted by molar-refractivity contribution is 0.302. The summed E-state index contributed by atoms with van der Waals surface area (Å²) in [5.41, 5.74) is 5.57. The van der Waals surface area contributed by atoms with Gasteiger partial charge < -0.3 is 10.2 Å². The van der Waals surface area contributed by atoms with E-state index in [1.165, 1.54) is 0 Å². The summed E-state index contributed by atoms with van der Waals surface area (Å²) >= 11 is 25.6. The van der Waals surface area contributed by atoms with E-state index in [1.807, 2.05) is 42.5 Å². The fourth-order valence-electron chi connectivity index (χ4n) is 2.50. The lowest BCUT2D eigenvalue weighted by Crippen LogP contribution is -2.06. The van der Waals surface area contributed by atoms with Crippen molar-refractivity contribution in [3.63, 3.8) is 0 Å². The highest BCUT2D eigenvalue weighted by molar-refractivity contribution is 9.11. The van der Waals surface area contributed by atoms with E-state index in [0.29, 0.717) is 34.0 Å². The maximum atomic E-state index is 6.19. The molecule has 0 amide bonds. The minimum atomic E-state index is 0.366. The summed E-state index contributed by atoms with van der Waals surface area (Å²) in [6, 6.07) is 16.8. The number of nitrogens with one attached hydrogen (secondary N) is 1. The van der Waals surface area contributed by atoms with Crippen LogP contribution in [0.15, 0.2) is 68.6 Å². The van der Waals surface area contributed by atoms with Crippen LogP contribution in [0.1, 0.15) is 16.7 Å². The highest BCUT2D eigenvalue weighted by Crippen LogP contribution is 2.35. The van der Waals surface area contributed by atoms with Crippen LogP contribution in [0.4, 0.5) is 0 Å². The molecule has 0 saturated heterocycles. The van der Waals surface area contributed by atoms with Crippen molar-refractivity contribution in [1.82, 2.24) is 5.43 Å². The van der Waals surface area contributed by atoms with E-state index in [0.717, 1.165) is 25.6 Å². The third-order valence-electron chi connectivity index (χ3n) is 3.97. The summed E-state index contributed by atoms with van der Waals surface area (Å²) in [7, 11) is 0. The first kappa shape index (κ1) is 22.4. The third kappa shape index (κ3) is 6.12. The van der Waals surface area contributed by atoms with Crippen molar-refractivity contribution in [1.29, 1.82) is 0 Å². The van der Waals surface area contributed by atoms with Crippen LogP contribution >= 0.6 is 66.7 Å². The molecule has 29 heavy (non-hydrogen) atoms. The molecule has 3 aromatic carbocycles. The number of nitrogens with zero attached hydrogens (tertiary/aromatic N) is 1. The molecule has 3 nitrogen and oxygen atoms in total. The molecule has 0 unspecified atom stereocenters. The average molecular weight is 578 g/mol. The molecule has 0 saturated carbocycles. The van der Waals surface area contributed by atoms with Crippen LogP contribution in [0.2, 0.25) is 15.1 Å². The Kier molecular flexibility index (Phi) is 8.27. The van der Waals surface area contributed by atoms with Crippen LogP contribution in [0.3, 0.4) is 0 Å². The van der Waals surface area contributed by atoms with Gasteiger partial charge >= 0.3 is 0 Å². The van der Waals surface area contributed by atoms with Gasteiger partial charge in [-0.15, -0.1) is 0 Å². The van der Waals surface area contributed by atoms with Crippen LogP contribution in [-0.4, -0.2) is 6.21 Å². The van der Waals surface area contributed by atoms with Crippen molar-refractivity contribution in [3.8, 4) is 5.75 Å². The number of hydrazone groups is 1. The van der Waals surface area contributed by atoms with Crippen LogP contribution in [0.25, 0.3) is 0 Å². The molecule has 0 bridgehead atoms. The number of halogens is 5. The minimum Gasteiger partial charge on any atom is -0.486 e. The molecule has 3 aromatic rings. The molecule has 0 aromatic heterocycles. The second-order valence-electron chi connectivity index (χ2n) is 5.99. The van der Waals surface area contributed by atoms with Gasteiger partial charge in [0.2, 0.25) is 0 Å². The van der Waals surface area contributed by atoms with Gasteiger partial charge in [-0.25, -0.2) is 0 Å². The van der Waals surface area contributed by atoms with E-state index < -0.39 is 0 Å². The fourth-order valence-corrected chi connectivity index (χ4v) is 4.68. The largest absolute Gasteiger partial charge is 0.486 e. The highest BCUT2D eigenvalue weighted by Gasteiger charge is 2.10. The number of benzene rings is 3. The molecular formula is C21H15Br2Cl3N2O. The highest BCUT2D eigenvalue weighted by atomic mass is 79.9. The average Bonchev–Trinajstić information content (AvgIpc) is 2.67. The summed E-state index contributed by atoms with van der Waals surface area (Å²) in [6.07, 6.45) is 1.71. The van der Waals surface area contributed by atoms with Gasteiger partial charge in [-0.05, 0) is 67.8 Å². The van der Waals surface area contributed by atoms with Gasteiger partial charge in [-0.3, -0.25) is 0 Å². The molecule has 0 aliphatic rings. The second-order valence-corrected chi connectivity index (χ2v) is 8.92. The molecule has 150 valence electrons. The molecular weight excluding hydrogens is 562 g/mol. The molecule has 8 heteroatoms. The molecule has 0 aliphatic carbocycles. The predicted molar refractivity (Wildman–Crippen MR) is 129 cm³/mol. The third-order valence-corrected chi connectivity index (χ3v) is 6.23. The predicted octanol–water partition coefficient (Wildman–Crippen LogP) is 7.87. The first-order chi connectivity index (χ1) is 14.0. The van der Waals surface area contributed by atoms with Gasteiger partial charge in [-0.2, -0.15) is 5.10 Å². The summed E-state index contributed by atoms with van der Waals surface area (Å²) in [6.45, 7) is 0.792. The van der Waals surface area contributed by atoms with Crippen molar-refractivity contribution in [2.45, 2.75) is 13.2 Å². The topological polar surface area (TPSA) is 33.6 Å². The van der Waals surface area contributed by atoms with Crippen molar-refractivity contribution in [2.75, 3.05) is 0 Å². The van der Waals surface area contributed by atoms with Gasteiger partial charge in [0.25, 0.3) is 0 Å². The van der Waals surface area contributed by atoms with Gasteiger partial charge in [-0.1, -0.05) is 59.1 Å². The molecule has 0 spiro atoms. The van der Waals surface area contributed by atoms with Crippen LogP contribution in [0, 0.1) is 0 Å². The van der Waals surface area contributed by atoms with Crippen molar-refractivity contribution >= 4 is 72.9 Å². The standard InChI is InChI=1S/C21H15Br2Cl3N2O/c22-16-8-13(10-27-28-11-15-19(25)6-3-7-20(15)26)9-17(23)21(16)29-12-14-4-1-2-5-18(14)24/h1-10,28H,11-12H2/b27-10-. The van der Waals surface area contributed by atoms with E-state index >= 15 is 0 Å². The fraction of sp³-hybridized carbons (Fsp3) is 0.0952. The molecule has 3 rings (SSSR count). The second kappa shape index (κ2) is 10.7. The quantitative estimate of drug-likeness (QED) is 0.229. The lowest BCUT2D eigenvalue weighted by atomic mass is 10.2. The monoisotopic (exact) mass is 574 g/mol. The number of hydrogen-bond donors (Lipinski definition) is 1. The Bertz CT molecular complexity index is 1000. The Morgan fingerprint density at radius 1 is 0.897 bits per heavy atom. The maximum absolute atomic E-state index is 6.19. The Morgan fingerprint density at radius 3 is 2.17 bits per heavy atom. The molecule has 1 N–H and O–H groups in total. The molecule has 0 atom stereocenters. The number of hydrogen-bond acceptors (Lipinski definition) is 3. The van der Waals surface area contributed by atoms with E-state index in [4.69, 9.17) is 39.5 Å². The van der Waals surface area contributed by atoms with Gasteiger partial charge in [0.05, 0.1) is 21.7 Å². The Balaban J connectivity index is 1.64. The van der Waals surface area contributed by atoms with E-state index in [1.54, 1.807) is 18.3 Å². The van der Waals surface area contributed by atoms with Gasteiger partial charge in [0.15, 0.2) is 0 Å². The smallest absolute Gasteiger partial charge is 0.148 e. The maximum Gasteiger partial charge on any atom is 0.148 e. The van der Waals surface area contributed by atoms with Crippen LogP contribution < -0.4 is 10.2 Å². The molecule has 0 aliphatic heterocycles. The van der Waals surface area contributed by atoms with E-state index in [2.05, 4.69) is 42.4 Å².